The van der Waals surface area contributed by atoms with Gasteiger partial charge in [-0.05, 0) is 74.4 Å². The number of ketones is 1. The monoisotopic (exact) mass is 367 g/mol. The Morgan fingerprint density at radius 3 is 2.27 bits per heavy atom. The van der Waals surface area contributed by atoms with Crippen molar-refractivity contribution in [2.45, 2.75) is 20.8 Å². The molecule has 0 bridgehead atoms. The molecule has 1 aliphatic heterocycles. The Hall–Kier alpha value is -2.40. The van der Waals surface area contributed by atoms with Crippen molar-refractivity contribution < 1.29 is 4.79 Å². The molecule has 1 N–H and O–H groups in total. The molecule has 1 saturated heterocycles. The van der Waals surface area contributed by atoms with Crippen LogP contribution in [0.3, 0.4) is 0 Å². The van der Waals surface area contributed by atoms with Crippen molar-refractivity contribution in [1.29, 1.82) is 0 Å². The van der Waals surface area contributed by atoms with E-state index in [0.29, 0.717) is 5.56 Å². The zero-order chi connectivity index (χ0) is 18.7. The zero-order valence-corrected chi connectivity index (χ0v) is 16.4. The average molecular weight is 368 g/mol. The molecule has 4 nitrogen and oxygen atoms in total. The first-order valence-electron chi connectivity index (χ1n) is 8.94. The van der Waals surface area contributed by atoms with E-state index in [-0.39, 0.29) is 5.78 Å². The highest BCUT2D eigenvalue weighted by Gasteiger charge is 2.20. The molecule has 0 spiro atoms. The molecule has 0 atom stereocenters. The highest BCUT2D eigenvalue weighted by atomic mass is 32.1. The summed E-state index contributed by atoms with van der Waals surface area (Å²) in [7, 11) is 0. The van der Waals surface area contributed by atoms with Crippen LogP contribution in [0.15, 0.2) is 42.5 Å². The van der Waals surface area contributed by atoms with Gasteiger partial charge in [0, 0.05) is 43.1 Å². The maximum Gasteiger partial charge on any atom is 0.173 e. The van der Waals surface area contributed by atoms with Crippen LogP contribution >= 0.6 is 12.2 Å². The maximum absolute atomic E-state index is 11.4. The number of thiocarbonyl (C=S) groups is 1. The van der Waals surface area contributed by atoms with Crippen LogP contribution in [0.4, 0.5) is 11.4 Å². The van der Waals surface area contributed by atoms with Gasteiger partial charge >= 0.3 is 0 Å². The third-order valence-electron chi connectivity index (χ3n) is 5.03. The molecule has 1 heterocycles. The van der Waals surface area contributed by atoms with Crippen LogP contribution in [0.5, 0.6) is 0 Å². The lowest BCUT2D eigenvalue weighted by Crippen LogP contribution is -2.50. The Morgan fingerprint density at radius 2 is 1.65 bits per heavy atom. The number of aryl methyl sites for hydroxylation is 1. The van der Waals surface area contributed by atoms with E-state index in [1.165, 1.54) is 16.8 Å². The summed E-state index contributed by atoms with van der Waals surface area (Å²) in [5, 5.41) is 4.02. The van der Waals surface area contributed by atoms with Crippen molar-refractivity contribution in [2.75, 3.05) is 36.4 Å². The van der Waals surface area contributed by atoms with Gasteiger partial charge in [0.05, 0.1) is 0 Å². The first-order chi connectivity index (χ1) is 12.5. The molecule has 0 amide bonds. The minimum absolute atomic E-state index is 0.0710. The van der Waals surface area contributed by atoms with Crippen LogP contribution in [-0.4, -0.2) is 42.0 Å². The van der Waals surface area contributed by atoms with Gasteiger partial charge in [-0.25, -0.2) is 0 Å². The van der Waals surface area contributed by atoms with Crippen LogP contribution in [0.1, 0.15) is 28.4 Å². The van der Waals surface area contributed by atoms with Gasteiger partial charge in [0.1, 0.15) is 0 Å². The van der Waals surface area contributed by atoms with E-state index in [4.69, 9.17) is 12.2 Å². The highest BCUT2D eigenvalue weighted by Crippen LogP contribution is 2.24. The molecule has 0 radical (unpaired) electrons. The van der Waals surface area contributed by atoms with Crippen molar-refractivity contribution in [3.8, 4) is 0 Å². The summed E-state index contributed by atoms with van der Waals surface area (Å²) in [5.74, 6) is 0.0710. The second-order valence-corrected chi connectivity index (χ2v) is 7.14. The van der Waals surface area contributed by atoms with Crippen molar-refractivity contribution in [3.63, 3.8) is 0 Å². The van der Waals surface area contributed by atoms with Crippen LogP contribution < -0.4 is 10.2 Å². The molecule has 3 rings (SSSR count). The lowest BCUT2D eigenvalue weighted by Gasteiger charge is -2.38. The number of Topliss-reactive ketones (excluding diaryl/α,β-unsaturated/α-hetero) is 1. The fourth-order valence-electron chi connectivity index (χ4n) is 3.22. The molecule has 26 heavy (non-hydrogen) atoms. The summed E-state index contributed by atoms with van der Waals surface area (Å²) >= 11 is 5.57. The van der Waals surface area contributed by atoms with Crippen molar-refractivity contribution in [1.82, 2.24) is 4.90 Å². The summed E-state index contributed by atoms with van der Waals surface area (Å²) < 4.78 is 0. The van der Waals surface area contributed by atoms with Gasteiger partial charge in [0.15, 0.2) is 10.9 Å². The quantitative estimate of drug-likeness (QED) is 0.655. The summed E-state index contributed by atoms with van der Waals surface area (Å²) in [6, 6.07) is 13.9. The minimum Gasteiger partial charge on any atom is -0.368 e. The van der Waals surface area contributed by atoms with Gasteiger partial charge in [-0.2, -0.15) is 0 Å². The van der Waals surface area contributed by atoms with E-state index < -0.39 is 0 Å². The summed E-state index contributed by atoms with van der Waals surface area (Å²) in [6.07, 6.45) is 0. The molecule has 2 aromatic carbocycles. The molecule has 1 aliphatic rings. The van der Waals surface area contributed by atoms with Gasteiger partial charge in [-0.15, -0.1) is 0 Å². The molecule has 0 saturated carbocycles. The molecule has 5 heteroatoms. The van der Waals surface area contributed by atoms with Crippen LogP contribution in [0, 0.1) is 13.8 Å². The Labute approximate surface area is 160 Å². The van der Waals surface area contributed by atoms with Gasteiger partial charge in [-0.1, -0.05) is 12.1 Å². The molecule has 136 valence electrons. The number of piperazine rings is 1. The largest absolute Gasteiger partial charge is 0.368 e. The topological polar surface area (TPSA) is 35.6 Å². The zero-order valence-electron chi connectivity index (χ0n) is 15.6. The van der Waals surface area contributed by atoms with Crippen molar-refractivity contribution in [3.05, 3.63) is 59.2 Å². The number of hydrogen-bond donors (Lipinski definition) is 1. The van der Waals surface area contributed by atoms with E-state index in [1.54, 1.807) is 6.92 Å². The van der Waals surface area contributed by atoms with E-state index >= 15 is 0 Å². The molecule has 2 aromatic rings. The van der Waals surface area contributed by atoms with Crippen molar-refractivity contribution >= 4 is 34.5 Å². The standard InChI is InChI=1S/C21H25N3OS/c1-15-5-4-6-20(16(15)2)23-11-13-24(14-12-23)21(26)22-19-9-7-18(8-10-19)17(3)25/h4-10H,11-14H2,1-3H3,(H,22,26). The number of carbonyl (C=O) groups is 1. The molecule has 1 fully saturated rings. The normalized spacial score (nSPS) is 14.3. The summed E-state index contributed by atoms with van der Waals surface area (Å²) in [5.41, 5.74) is 5.63. The number of hydrogen-bond acceptors (Lipinski definition) is 3. The van der Waals surface area contributed by atoms with Crippen molar-refractivity contribution in [2.24, 2.45) is 0 Å². The first-order valence-corrected chi connectivity index (χ1v) is 9.34. The molecular weight excluding hydrogens is 342 g/mol. The number of benzene rings is 2. The average Bonchev–Trinajstić information content (AvgIpc) is 2.64. The third kappa shape index (κ3) is 4.05. The highest BCUT2D eigenvalue weighted by molar-refractivity contribution is 7.80. The van der Waals surface area contributed by atoms with Gasteiger partial charge in [-0.3, -0.25) is 4.79 Å². The Kier molecular flexibility index (Phi) is 5.57. The lowest BCUT2D eigenvalue weighted by atomic mass is 10.1. The second kappa shape index (κ2) is 7.87. The van der Waals surface area contributed by atoms with Crippen LogP contribution in [-0.2, 0) is 0 Å². The number of nitrogens with zero attached hydrogens (tertiary/aromatic N) is 2. The molecule has 0 aromatic heterocycles. The maximum atomic E-state index is 11.4. The van der Waals surface area contributed by atoms with Gasteiger partial charge < -0.3 is 15.1 Å². The smallest absolute Gasteiger partial charge is 0.173 e. The molecule has 0 aliphatic carbocycles. The van der Waals surface area contributed by atoms with E-state index in [1.807, 2.05) is 24.3 Å². The Balaban J connectivity index is 1.58. The molecular formula is C21H25N3OS. The Bertz CT molecular complexity index is 809. The predicted molar refractivity (Wildman–Crippen MR) is 112 cm³/mol. The summed E-state index contributed by atoms with van der Waals surface area (Å²) in [6.45, 7) is 9.61. The van der Waals surface area contributed by atoms with Crippen LogP contribution in [0.2, 0.25) is 0 Å². The number of carbonyl (C=O) groups excluding carboxylic acids is 1. The SMILES string of the molecule is CC(=O)c1ccc(NC(=S)N2CCN(c3cccc(C)c3C)CC2)cc1. The Morgan fingerprint density at radius 1 is 1.00 bits per heavy atom. The third-order valence-corrected chi connectivity index (χ3v) is 5.39. The lowest BCUT2D eigenvalue weighted by molar-refractivity contribution is 0.101. The van der Waals surface area contributed by atoms with E-state index in [0.717, 1.165) is 37.0 Å². The first kappa shape index (κ1) is 18.4. The number of nitrogens with one attached hydrogen (secondary N) is 1. The predicted octanol–water partition coefficient (Wildman–Crippen LogP) is 4.03. The number of rotatable bonds is 3. The van der Waals surface area contributed by atoms with E-state index in [2.05, 4.69) is 47.2 Å². The minimum atomic E-state index is 0.0710. The summed E-state index contributed by atoms with van der Waals surface area (Å²) in [4.78, 5) is 16.0. The fourth-order valence-corrected chi connectivity index (χ4v) is 3.52. The second-order valence-electron chi connectivity index (χ2n) is 6.76. The molecule has 0 unspecified atom stereocenters. The van der Waals surface area contributed by atoms with Gasteiger partial charge in [0.25, 0.3) is 0 Å². The van der Waals surface area contributed by atoms with Gasteiger partial charge in [0.2, 0.25) is 0 Å². The number of anilines is 2. The van der Waals surface area contributed by atoms with E-state index in [9.17, 15) is 4.79 Å². The fraction of sp³-hybridized carbons (Fsp3) is 0.333. The van der Waals surface area contributed by atoms with Crippen LogP contribution in [0.25, 0.3) is 0 Å².